The van der Waals surface area contributed by atoms with Crippen LogP contribution in [-0.2, 0) is 9.53 Å². The molecule has 5 aromatic rings. The first-order chi connectivity index (χ1) is 22.8. The van der Waals surface area contributed by atoms with Gasteiger partial charge in [0.05, 0.1) is 36.4 Å². The lowest BCUT2D eigenvalue weighted by Crippen LogP contribution is -2.42. The number of fused-ring (bicyclic) bond motifs is 2. The average Bonchev–Trinajstić information content (AvgIpc) is 3.10. The standard InChI is InChI=1S/C25H28ClFN4O4.C9H8N2O/c1-31(24(32)13-33-2)16-5-7-17(8-6-16)35-23-11-18-21(12-22(23)34-3)28-14-29-25(18)30-15-4-9-20(27)19(26)10-15;1-12-9-10-6-7-4-2-3-5-8(7)11-9/h4,9-12,14,16-17H,5-8,13H2,1-3H3,(H,28,29,30);2-6H,1H3. The molecule has 0 spiro atoms. The molecule has 246 valence electrons. The molecular formula is C34H36ClFN6O5. The van der Waals surface area contributed by atoms with Crippen molar-refractivity contribution in [1.29, 1.82) is 0 Å². The van der Waals surface area contributed by atoms with Gasteiger partial charge in [0.2, 0.25) is 5.91 Å². The molecule has 1 aliphatic carbocycles. The number of rotatable bonds is 9. The van der Waals surface area contributed by atoms with E-state index in [0.29, 0.717) is 34.5 Å². The summed E-state index contributed by atoms with van der Waals surface area (Å²) in [5, 5.41) is 4.94. The Morgan fingerprint density at radius 3 is 2.47 bits per heavy atom. The Bertz CT molecular complexity index is 1840. The van der Waals surface area contributed by atoms with E-state index in [1.165, 1.54) is 25.6 Å². The summed E-state index contributed by atoms with van der Waals surface area (Å²) in [5.41, 5.74) is 2.17. The number of benzene rings is 3. The number of nitrogens with one attached hydrogen (secondary N) is 1. The fourth-order valence-corrected chi connectivity index (χ4v) is 5.52. The normalized spacial score (nSPS) is 15.8. The zero-order valence-corrected chi connectivity index (χ0v) is 27.3. The van der Waals surface area contributed by atoms with Crippen LogP contribution in [0, 0.1) is 5.82 Å². The van der Waals surface area contributed by atoms with Crippen LogP contribution in [0.5, 0.6) is 17.5 Å². The summed E-state index contributed by atoms with van der Waals surface area (Å²) in [5.74, 6) is 1.18. The fourth-order valence-electron chi connectivity index (χ4n) is 5.34. The van der Waals surface area contributed by atoms with Crippen molar-refractivity contribution in [2.24, 2.45) is 0 Å². The number of anilines is 2. The molecule has 0 saturated heterocycles. The van der Waals surface area contributed by atoms with Crippen molar-refractivity contribution in [1.82, 2.24) is 24.8 Å². The Hall–Kier alpha value is -4.81. The van der Waals surface area contributed by atoms with Gasteiger partial charge in [-0.15, -0.1) is 0 Å². The first-order valence-corrected chi connectivity index (χ1v) is 15.4. The minimum atomic E-state index is -0.492. The summed E-state index contributed by atoms with van der Waals surface area (Å²) < 4.78 is 35.3. The van der Waals surface area contributed by atoms with Crippen molar-refractivity contribution in [3.8, 4) is 17.5 Å². The highest BCUT2D eigenvalue weighted by Crippen LogP contribution is 2.37. The van der Waals surface area contributed by atoms with Crippen LogP contribution in [-0.4, -0.2) is 77.9 Å². The second-order valence-corrected chi connectivity index (χ2v) is 11.3. The quantitative estimate of drug-likeness (QED) is 0.185. The maximum Gasteiger partial charge on any atom is 0.316 e. The van der Waals surface area contributed by atoms with Gasteiger partial charge in [-0.3, -0.25) is 4.79 Å². The summed E-state index contributed by atoms with van der Waals surface area (Å²) >= 11 is 5.92. The summed E-state index contributed by atoms with van der Waals surface area (Å²) in [7, 11) is 6.49. The minimum Gasteiger partial charge on any atom is -0.493 e. The van der Waals surface area contributed by atoms with Crippen molar-refractivity contribution in [3.63, 3.8) is 0 Å². The molecule has 0 unspecified atom stereocenters. The molecule has 13 heteroatoms. The molecule has 1 amide bonds. The van der Waals surface area contributed by atoms with Crippen molar-refractivity contribution in [2.45, 2.75) is 37.8 Å². The van der Waals surface area contributed by atoms with E-state index in [4.69, 9.17) is 30.5 Å². The highest BCUT2D eigenvalue weighted by molar-refractivity contribution is 6.31. The second kappa shape index (κ2) is 15.7. The van der Waals surface area contributed by atoms with E-state index >= 15 is 0 Å². The van der Waals surface area contributed by atoms with Crippen molar-refractivity contribution in [2.75, 3.05) is 40.3 Å². The van der Waals surface area contributed by atoms with Crippen LogP contribution in [0.4, 0.5) is 15.9 Å². The lowest BCUT2D eigenvalue weighted by molar-refractivity contribution is -0.136. The number of hydrogen-bond donors (Lipinski definition) is 1. The van der Waals surface area contributed by atoms with E-state index in [0.717, 1.165) is 42.0 Å². The number of likely N-dealkylation sites (N-methyl/N-ethyl adjacent to an activating group) is 1. The number of carbonyl (C=O) groups is 1. The average molecular weight is 663 g/mol. The van der Waals surface area contributed by atoms with Crippen LogP contribution >= 0.6 is 11.6 Å². The lowest BCUT2D eigenvalue weighted by atomic mass is 9.92. The van der Waals surface area contributed by atoms with E-state index in [9.17, 15) is 9.18 Å². The van der Waals surface area contributed by atoms with Crippen LogP contribution in [0.15, 0.2) is 67.1 Å². The molecule has 1 aliphatic rings. The SMILES string of the molecule is COCC(=O)N(C)C1CCC(Oc2cc3c(Nc4ccc(F)c(Cl)c4)ncnc3cc2OC)CC1.COc1ncc2ccccc2n1. The molecule has 47 heavy (non-hydrogen) atoms. The third kappa shape index (κ3) is 8.32. The predicted molar refractivity (Wildman–Crippen MR) is 178 cm³/mol. The number of amides is 1. The van der Waals surface area contributed by atoms with Gasteiger partial charge >= 0.3 is 6.01 Å². The molecule has 11 nitrogen and oxygen atoms in total. The van der Waals surface area contributed by atoms with E-state index in [-0.39, 0.29) is 29.7 Å². The van der Waals surface area contributed by atoms with Crippen LogP contribution in [0.3, 0.4) is 0 Å². The Kier molecular flexibility index (Phi) is 11.2. The summed E-state index contributed by atoms with van der Waals surface area (Å²) in [6.45, 7) is 0.0871. The topological polar surface area (TPSA) is 121 Å². The lowest BCUT2D eigenvalue weighted by Gasteiger charge is -2.34. The molecule has 0 atom stereocenters. The van der Waals surface area contributed by atoms with Gasteiger partial charge in [0, 0.05) is 48.9 Å². The number of nitrogens with zero attached hydrogens (tertiary/aromatic N) is 5. The minimum absolute atomic E-state index is 0.0135. The number of para-hydroxylation sites is 1. The number of hydrogen-bond acceptors (Lipinski definition) is 10. The Morgan fingerprint density at radius 1 is 0.957 bits per heavy atom. The van der Waals surface area contributed by atoms with Gasteiger partial charge < -0.3 is 29.2 Å². The number of ether oxygens (including phenoxy) is 4. The summed E-state index contributed by atoms with van der Waals surface area (Å²) in [6.07, 6.45) is 6.48. The Labute approximate surface area is 277 Å². The molecule has 2 aromatic heterocycles. The van der Waals surface area contributed by atoms with Crippen molar-refractivity contribution in [3.05, 3.63) is 78.0 Å². The van der Waals surface area contributed by atoms with Gasteiger partial charge in [-0.25, -0.2) is 19.3 Å². The largest absolute Gasteiger partial charge is 0.493 e. The van der Waals surface area contributed by atoms with Crippen molar-refractivity contribution >= 4 is 50.8 Å². The zero-order chi connectivity index (χ0) is 33.3. The van der Waals surface area contributed by atoms with Gasteiger partial charge in [0.25, 0.3) is 0 Å². The third-order valence-electron chi connectivity index (χ3n) is 7.90. The molecule has 1 saturated carbocycles. The number of methoxy groups -OCH3 is 3. The monoisotopic (exact) mass is 662 g/mol. The molecule has 1 fully saturated rings. The van der Waals surface area contributed by atoms with E-state index in [1.54, 1.807) is 37.4 Å². The molecule has 0 aliphatic heterocycles. The fraction of sp³-hybridized carbons (Fsp3) is 0.324. The number of aromatic nitrogens is 4. The maximum absolute atomic E-state index is 13.6. The van der Waals surface area contributed by atoms with Crippen LogP contribution in [0.1, 0.15) is 25.7 Å². The highest BCUT2D eigenvalue weighted by atomic mass is 35.5. The highest BCUT2D eigenvalue weighted by Gasteiger charge is 2.28. The smallest absolute Gasteiger partial charge is 0.316 e. The van der Waals surface area contributed by atoms with Gasteiger partial charge in [-0.2, -0.15) is 4.98 Å². The Morgan fingerprint density at radius 2 is 1.74 bits per heavy atom. The molecule has 0 bridgehead atoms. The number of carbonyl (C=O) groups excluding carboxylic acids is 1. The number of halogens is 2. The van der Waals surface area contributed by atoms with Gasteiger partial charge in [0.1, 0.15) is 24.6 Å². The molecule has 0 radical (unpaired) electrons. The van der Waals surface area contributed by atoms with E-state index in [2.05, 4.69) is 25.3 Å². The van der Waals surface area contributed by atoms with Gasteiger partial charge in [-0.05, 0) is 56.0 Å². The molecular weight excluding hydrogens is 627 g/mol. The first kappa shape index (κ1) is 33.6. The Balaban J connectivity index is 0.000000301. The molecule has 3 aromatic carbocycles. The van der Waals surface area contributed by atoms with Crippen LogP contribution in [0.2, 0.25) is 5.02 Å². The zero-order valence-electron chi connectivity index (χ0n) is 26.6. The second-order valence-electron chi connectivity index (χ2n) is 10.9. The van der Waals surface area contributed by atoms with Crippen LogP contribution in [0.25, 0.3) is 21.8 Å². The van der Waals surface area contributed by atoms with E-state index in [1.807, 2.05) is 37.4 Å². The van der Waals surface area contributed by atoms with Gasteiger partial charge in [0.15, 0.2) is 11.5 Å². The summed E-state index contributed by atoms with van der Waals surface area (Å²) in [4.78, 5) is 30.8. The van der Waals surface area contributed by atoms with E-state index < -0.39 is 5.82 Å². The molecule has 2 heterocycles. The third-order valence-corrected chi connectivity index (χ3v) is 8.19. The predicted octanol–water partition coefficient (Wildman–Crippen LogP) is 6.61. The van der Waals surface area contributed by atoms with Gasteiger partial charge in [-0.1, -0.05) is 29.8 Å². The molecule has 1 N–H and O–H groups in total. The van der Waals surface area contributed by atoms with Crippen LogP contribution < -0.4 is 19.5 Å². The van der Waals surface area contributed by atoms with Crippen molar-refractivity contribution < 1.29 is 28.1 Å². The first-order valence-electron chi connectivity index (χ1n) is 15.0. The molecule has 6 rings (SSSR count). The maximum atomic E-state index is 13.6. The summed E-state index contributed by atoms with van der Waals surface area (Å²) in [6, 6.07) is 16.4.